The second-order valence-corrected chi connectivity index (χ2v) is 7.34. The number of benzene rings is 3. The van der Waals surface area contributed by atoms with E-state index in [1.807, 2.05) is 6.07 Å². The zero-order valence-electron chi connectivity index (χ0n) is 17.0. The minimum absolute atomic E-state index is 0.224. The van der Waals surface area contributed by atoms with Crippen molar-refractivity contribution in [3.8, 4) is 5.75 Å². The molecule has 33 heavy (non-hydrogen) atoms. The van der Waals surface area contributed by atoms with Gasteiger partial charge in [-0.3, -0.25) is 14.4 Å². The molecule has 3 N–H and O–H groups in total. The molecule has 0 aliphatic rings. The van der Waals surface area contributed by atoms with Gasteiger partial charge < -0.3 is 15.4 Å². The lowest BCUT2D eigenvalue weighted by molar-refractivity contribution is -0.136. The van der Waals surface area contributed by atoms with Gasteiger partial charge in [0, 0.05) is 5.69 Å². The average molecular weight is 485 g/mol. The fourth-order valence-electron chi connectivity index (χ4n) is 2.53. The summed E-state index contributed by atoms with van der Waals surface area (Å²) in [6, 6.07) is 20.2. The van der Waals surface area contributed by atoms with Gasteiger partial charge in [-0.1, -0.05) is 53.5 Å². The second kappa shape index (κ2) is 11.7. The Morgan fingerprint density at radius 1 is 0.848 bits per heavy atom. The van der Waals surface area contributed by atoms with Crippen LogP contribution in [0.1, 0.15) is 5.56 Å². The van der Waals surface area contributed by atoms with E-state index >= 15 is 0 Å². The van der Waals surface area contributed by atoms with Crippen LogP contribution in [0.2, 0.25) is 10.0 Å². The molecule has 3 aromatic rings. The second-order valence-electron chi connectivity index (χ2n) is 6.53. The molecule has 168 valence electrons. The Hall–Kier alpha value is -3.88. The molecule has 0 aliphatic carbocycles. The van der Waals surface area contributed by atoms with Crippen LogP contribution in [0, 0.1) is 0 Å². The summed E-state index contributed by atoms with van der Waals surface area (Å²) >= 11 is 12.1. The highest BCUT2D eigenvalue weighted by molar-refractivity contribution is 6.41. The molecule has 0 unspecified atom stereocenters. The van der Waals surface area contributed by atoms with E-state index in [0.29, 0.717) is 27.7 Å². The third kappa shape index (κ3) is 7.34. The molecule has 0 saturated carbocycles. The molecule has 3 amide bonds. The highest BCUT2D eigenvalue weighted by Gasteiger charge is 2.14. The van der Waals surface area contributed by atoms with E-state index in [1.165, 1.54) is 12.3 Å². The number of nitrogens with one attached hydrogen (secondary N) is 3. The third-order valence-corrected chi connectivity index (χ3v) is 4.71. The summed E-state index contributed by atoms with van der Waals surface area (Å²) in [5.41, 5.74) is 3.62. The summed E-state index contributed by atoms with van der Waals surface area (Å²) in [5, 5.41) is 9.37. The summed E-state index contributed by atoms with van der Waals surface area (Å²) < 4.78 is 5.44. The number of hydrogen-bond acceptors (Lipinski definition) is 5. The molecule has 8 nitrogen and oxygen atoms in total. The van der Waals surface area contributed by atoms with Crippen molar-refractivity contribution in [2.45, 2.75) is 0 Å². The zero-order valence-corrected chi connectivity index (χ0v) is 18.6. The van der Waals surface area contributed by atoms with Crippen LogP contribution in [0.15, 0.2) is 77.9 Å². The first-order valence-corrected chi connectivity index (χ1v) is 10.3. The molecule has 3 aromatic carbocycles. The van der Waals surface area contributed by atoms with Crippen LogP contribution in [-0.4, -0.2) is 30.5 Å². The normalized spacial score (nSPS) is 10.5. The predicted molar refractivity (Wildman–Crippen MR) is 128 cm³/mol. The fraction of sp³-hybridized carbons (Fsp3) is 0.0435. The van der Waals surface area contributed by atoms with Gasteiger partial charge in [0.05, 0.1) is 21.9 Å². The average Bonchev–Trinajstić information content (AvgIpc) is 2.80. The van der Waals surface area contributed by atoms with Crippen molar-refractivity contribution in [3.63, 3.8) is 0 Å². The van der Waals surface area contributed by atoms with Crippen LogP contribution in [0.3, 0.4) is 0 Å². The van der Waals surface area contributed by atoms with Crippen LogP contribution >= 0.6 is 23.2 Å². The number of hydrogen-bond donors (Lipinski definition) is 3. The van der Waals surface area contributed by atoms with Crippen molar-refractivity contribution in [1.29, 1.82) is 0 Å². The van der Waals surface area contributed by atoms with E-state index in [2.05, 4.69) is 21.2 Å². The number of para-hydroxylation sites is 2. The Bertz CT molecular complexity index is 1190. The summed E-state index contributed by atoms with van der Waals surface area (Å²) in [7, 11) is 0. The first-order valence-electron chi connectivity index (χ1n) is 9.58. The minimum atomic E-state index is -0.971. The molecule has 0 atom stereocenters. The Morgan fingerprint density at radius 2 is 1.58 bits per heavy atom. The molecule has 0 aliphatic heterocycles. The third-order valence-electron chi connectivity index (χ3n) is 4.08. The molecule has 3 rings (SSSR count). The summed E-state index contributed by atoms with van der Waals surface area (Å²) in [6.07, 6.45) is 1.30. The maximum Gasteiger partial charge on any atom is 0.329 e. The first-order chi connectivity index (χ1) is 15.9. The van der Waals surface area contributed by atoms with Crippen LogP contribution in [0.25, 0.3) is 0 Å². The van der Waals surface area contributed by atoms with Gasteiger partial charge in [0.15, 0.2) is 6.61 Å². The highest BCUT2D eigenvalue weighted by Crippen LogP contribution is 2.25. The molecule has 0 fully saturated rings. The van der Waals surface area contributed by atoms with Crippen LogP contribution in [-0.2, 0) is 14.4 Å². The van der Waals surface area contributed by atoms with E-state index in [4.69, 9.17) is 27.9 Å². The molecule has 0 heterocycles. The van der Waals surface area contributed by atoms with Crippen molar-refractivity contribution in [1.82, 2.24) is 5.43 Å². The summed E-state index contributed by atoms with van der Waals surface area (Å²) in [4.78, 5) is 35.8. The molecule has 0 spiro atoms. The van der Waals surface area contributed by atoms with Gasteiger partial charge in [-0.25, -0.2) is 5.43 Å². The summed E-state index contributed by atoms with van der Waals surface area (Å²) in [5.74, 6) is -1.92. The van der Waals surface area contributed by atoms with Crippen LogP contribution < -0.4 is 20.8 Å². The quantitative estimate of drug-likeness (QED) is 0.266. The number of nitrogens with zero attached hydrogens (tertiary/aromatic N) is 1. The number of carbonyl (C=O) groups excluding carboxylic acids is 3. The molecular weight excluding hydrogens is 467 g/mol. The lowest BCUT2D eigenvalue weighted by Crippen LogP contribution is -2.32. The van der Waals surface area contributed by atoms with Gasteiger partial charge >= 0.3 is 11.8 Å². The topological polar surface area (TPSA) is 109 Å². The first kappa shape index (κ1) is 23.8. The number of ether oxygens (including phenoxy) is 1. The maximum atomic E-state index is 12.0. The number of carbonyl (C=O) groups is 3. The fourth-order valence-corrected chi connectivity index (χ4v) is 2.96. The van der Waals surface area contributed by atoms with Crippen molar-refractivity contribution in [2.75, 3.05) is 17.2 Å². The van der Waals surface area contributed by atoms with Gasteiger partial charge in [0.25, 0.3) is 5.91 Å². The van der Waals surface area contributed by atoms with Crippen molar-refractivity contribution >= 4 is 58.5 Å². The molecule has 10 heteroatoms. The Kier molecular flexibility index (Phi) is 8.40. The Balaban J connectivity index is 1.49. The maximum absolute atomic E-state index is 12.0. The molecule has 0 radical (unpaired) electrons. The van der Waals surface area contributed by atoms with E-state index in [0.717, 1.165) is 0 Å². The van der Waals surface area contributed by atoms with Gasteiger partial charge in [0.1, 0.15) is 5.75 Å². The smallest absolute Gasteiger partial charge is 0.329 e. The Labute approximate surface area is 199 Å². The number of rotatable bonds is 7. The number of anilines is 2. The number of amides is 3. The SMILES string of the molecule is O=C(COc1ccc(/C=N\NC(=O)C(=O)Nc2ccccc2Cl)cc1Cl)Nc1ccccc1. The minimum Gasteiger partial charge on any atom is -0.482 e. The van der Waals surface area contributed by atoms with Gasteiger partial charge in [-0.15, -0.1) is 0 Å². The van der Waals surface area contributed by atoms with Gasteiger partial charge in [-0.05, 0) is 48.0 Å². The summed E-state index contributed by atoms with van der Waals surface area (Å²) in [6.45, 7) is -0.224. The van der Waals surface area contributed by atoms with E-state index in [-0.39, 0.29) is 17.5 Å². The lowest BCUT2D eigenvalue weighted by atomic mass is 10.2. The van der Waals surface area contributed by atoms with Crippen molar-refractivity contribution < 1.29 is 19.1 Å². The van der Waals surface area contributed by atoms with Crippen LogP contribution in [0.4, 0.5) is 11.4 Å². The largest absolute Gasteiger partial charge is 0.482 e. The lowest BCUT2D eigenvalue weighted by Gasteiger charge is -2.09. The van der Waals surface area contributed by atoms with E-state index in [1.54, 1.807) is 60.7 Å². The van der Waals surface area contributed by atoms with Gasteiger partial charge in [-0.2, -0.15) is 5.10 Å². The van der Waals surface area contributed by atoms with Crippen molar-refractivity contribution in [3.05, 3.63) is 88.4 Å². The predicted octanol–water partition coefficient (Wildman–Crippen LogP) is 4.10. The number of halogens is 2. The standard InChI is InChI=1S/C23H18Cl2N4O4/c24-17-8-4-5-9-19(17)28-22(31)23(32)29-26-13-15-10-11-20(18(25)12-15)33-14-21(30)27-16-6-2-1-3-7-16/h1-13H,14H2,(H,27,30)(H,28,31)(H,29,32)/b26-13-. The molecule has 0 saturated heterocycles. The van der Waals surface area contributed by atoms with Gasteiger partial charge in [0.2, 0.25) is 0 Å². The Morgan fingerprint density at radius 3 is 2.30 bits per heavy atom. The molecule has 0 aromatic heterocycles. The van der Waals surface area contributed by atoms with Crippen molar-refractivity contribution in [2.24, 2.45) is 5.10 Å². The molecular formula is C23H18Cl2N4O4. The zero-order chi connectivity index (χ0) is 23.6. The number of hydrazone groups is 1. The monoisotopic (exact) mass is 484 g/mol. The van der Waals surface area contributed by atoms with Crippen LogP contribution in [0.5, 0.6) is 5.75 Å². The van der Waals surface area contributed by atoms with E-state index in [9.17, 15) is 14.4 Å². The van der Waals surface area contributed by atoms with E-state index < -0.39 is 11.8 Å². The highest BCUT2D eigenvalue weighted by atomic mass is 35.5. The molecule has 0 bridgehead atoms.